The molecule has 27 heavy (non-hydrogen) atoms. The highest BCUT2D eigenvalue weighted by Crippen LogP contribution is 2.34. The fraction of sp³-hybridized carbons (Fsp3) is 0.211. The Morgan fingerprint density at radius 2 is 1.85 bits per heavy atom. The van der Waals surface area contributed by atoms with E-state index in [1.54, 1.807) is 0 Å². The molecule has 1 aromatic heterocycles. The van der Waals surface area contributed by atoms with Crippen molar-refractivity contribution >= 4 is 72.4 Å². The van der Waals surface area contributed by atoms with Crippen molar-refractivity contribution in [3.63, 3.8) is 0 Å². The van der Waals surface area contributed by atoms with Crippen molar-refractivity contribution in [2.45, 2.75) is 29.9 Å². The summed E-state index contributed by atoms with van der Waals surface area (Å²) in [5.74, 6) is -0.146. The second-order valence-corrected chi connectivity index (χ2v) is 9.25. The Hall–Kier alpha value is -1.90. The summed E-state index contributed by atoms with van der Waals surface area (Å²) in [5, 5.41) is 5.49. The molecule has 2 aromatic carbocycles. The molecule has 1 heterocycles. The smallest absolute Gasteiger partial charge is 0.237 e. The largest absolute Gasteiger partial charge is 0.326 e. The van der Waals surface area contributed by atoms with E-state index < -0.39 is 0 Å². The Balaban J connectivity index is 1.72. The molecular weight excluding hydrogens is 446 g/mol. The third kappa shape index (κ3) is 5.31. The molecule has 0 radical (unpaired) electrons. The Labute approximate surface area is 174 Å². The summed E-state index contributed by atoms with van der Waals surface area (Å²) in [6.07, 6.45) is 0.695. The first-order valence-corrected chi connectivity index (χ1v) is 10.8. The number of thiazole rings is 1. The van der Waals surface area contributed by atoms with Crippen molar-refractivity contribution in [3.8, 4) is 0 Å². The lowest BCUT2D eigenvalue weighted by Gasteiger charge is -2.13. The van der Waals surface area contributed by atoms with Crippen LogP contribution in [0.1, 0.15) is 20.3 Å². The Kier molecular flexibility index (Phi) is 6.51. The first-order chi connectivity index (χ1) is 12.9. The number of halogens is 1. The monoisotopic (exact) mass is 463 g/mol. The SMILES string of the molecule is CC[C@@H](Sc1nc2ccc(NC(C)=O)cc2s1)C(=O)Nc1ccc(Br)cc1. The van der Waals surface area contributed by atoms with Crippen LogP contribution >= 0.6 is 39.0 Å². The van der Waals surface area contributed by atoms with Crippen molar-refractivity contribution in [1.82, 2.24) is 4.98 Å². The van der Waals surface area contributed by atoms with Crippen LogP contribution in [-0.4, -0.2) is 22.0 Å². The summed E-state index contributed by atoms with van der Waals surface area (Å²) >= 11 is 6.37. The lowest BCUT2D eigenvalue weighted by atomic mass is 10.3. The van der Waals surface area contributed by atoms with Crippen LogP contribution in [0.4, 0.5) is 11.4 Å². The van der Waals surface area contributed by atoms with E-state index in [0.29, 0.717) is 6.42 Å². The number of aromatic nitrogens is 1. The lowest BCUT2D eigenvalue weighted by Crippen LogP contribution is -2.24. The molecule has 140 valence electrons. The average Bonchev–Trinajstić information content (AvgIpc) is 3.02. The Morgan fingerprint density at radius 3 is 2.52 bits per heavy atom. The third-order valence-corrected chi connectivity index (χ3v) is 6.71. The second kappa shape index (κ2) is 8.86. The fourth-order valence-corrected chi connectivity index (χ4v) is 4.97. The molecule has 3 aromatic rings. The predicted octanol–water partition coefficient (Wildman–Crippen LogP) is 5.53. The van der Waals surface area contributed by atoms with E-state index in [2.05, 4.69) is 31.5 Å². The topological polar surface area (TPSA) is 71.1 Å². The minimum atomic E-state index is -0.232. The second-order valence-electron chi connectivity index (χ2n) is 5.85. The number of carbonyl (C=O) groups excluding carboxylic acids is 2. The highest BCUT2D eigenvalue weighted by Gasteiger charge is 2.20. The molecule has 5 nitrogen and oxygen atoms in total. The molecule has 0 aliphatic carbocycles. The molecule has 0 saturated carbocycles. The zero-order valence-electron chi connectivity index (χ0n) is 14.8. The summed E-state index contributed by atoms with van der Waals surface area (Å²) in [4.78, 5) is 28.4. The molecule has 2 N–H and O–H groups in total. The molecule has 0 fully saturated rings. The highest BCUT2D eigenvalue weighted by atomic mass is 79.9. The molecule has 1 atom stereocenters. The van der Waals surface area contributed by atoms with Gasteiger partial charge in [0.1, 0.15) is 0 Å². The fourth-order valence-electron chi connectivity index (χ4n) is 2.43. The van der Waals surface area contributed by atoms with Gasteiger partial charge in [0, 0.05) is 22.8 Å². The van der Waals surface area contributed by atoms with Crippen LogP contribution in [0, 0.1) is 0 Å². The number of amides is 2. The molecule has 0 spiro atoms. The lowest BCUT2D eigenvalue weighted by molar-refractivity contribution is -0.116. The first-order valence-electron chi connectivity index (χ1n) is 8.36. The van der Waals surface area contributed by atoms with Gasteiger partial charge < -0.3 is 10.6 Å². The molecule has 0 unspecified atom stereocenters. The van der Waals surface area contributed by atoms with Crippen LogP contribution in [0.2, 0.25) is 0 Å². The van der Waals surface area contributed by atoms with Gasteiger partial charge >= 0.3 is 0 Å². The van der Waals surface area contributed by atoms with E-state index in [1.165, 1.54) is 30.0 Å². The Morgan fingerprint density at radius 1 is 1.15 bits per heavy atom. The van der Waals surface area contributed by atoms with Gasteiger partial charge in [-0.3, -0.25) is 9.59 Å². The molecule has 0 bridgehead atoms. The number of fused-ring (bicyclic) bond motifs is 1. The van der Waals surface area contributed by atoms with Crippen LogP contribution in [0.3, 0.4) is 0 Å². The maximum absolute atomic E-state index is 12.6. The van der Waals surface area contributed by atoms with Gasteiger partial charge in [-0.05, 0) is 48.9 Å². The van der Waals surface area contributed by atoms with Gasteiger partial charge in [-0.2, -0.15) is 0 Å². The highest BCUT2D eigenvalue weighted by molar-refractivity contribution is 9.10. The number of thioether (sulfide) groups is 1. The van der Waals surface area contributed by atoms with Crippen LogP contribution < -0.4 is 10.6 Å². The van der Waals surface area contributed by atoms with Crippen molar-refractivity contribution in [2.24, 2.45) is 0 Å². The van der Waals surface area contributed by atoms with Crippen LogP contribution in [0.25, 0.3) is 10.2 Å². The summed E-state index contributed by atoms with van der Waals surface area (Å²) in [7, 11) is 0. The quantitative estimate of drug-likeness (QED) is 0.471. The van der Waals surface area contributed by atoms with Gasteiger partial charge in [0.25, 0.3) is 0 Å². The average molecular weight is 464 g/mol. The van der Waals surface area contributed by atoms with E-state index in [4.69, 9.17) is 0 Å². The van der Waals surface area contributed by atoms with Crippen molar-refractivity contribution in [3.05, 3.63) is 46.9 Å². The van der Waals surface area contributed by atoms with E-state index in [-0.39, 0.29) is 17.1 Å². The molecule has 0 aliphatic heterocycles. The van der Waals surface area contributed by atoms with E-state index >= 15 is 0 Å². The van der Waals surface area contributed by atoms with E-state index in [9.17, 15) is 9.59 Å². The number of hydrogen-bond donors (Lipinski definition) is 2. The van der Waals surface area contributed by atoms with Crippen molar-refractivity contribution in [1.29, 1.82) is 0 Å². The van der Waals surface area contributed by atoms with Gasteiger partial charge in [0.05, 0.1) is 15.5 Å². The summed E-state index contributed by atoms with van der Waals surface area (Å²) in [5.41, 5.74) is 2.38. The summed E-state index contributed by atoms with van der Waals surface area (Å²) < 4.78 is 2.78. The number of rotatable bonds is 6. The zero-order valence-corrected chi connectivity index (χ0v) is 18.0. The number of anilines is 2. The zero-order chi connectivity index (χ0) is 19.4. The van der Waals surface area contributed by atoms with Gasteiger partial charge in [-0.25, -0.2) is 4.98 Å². The number of nitrogens with zero attached hydrogens (tertiary/aromatic N) is 1. The first kappa shape index (κ1) is 19.9. The van der Waals surface area contributed by atoms with Gasteiger partial charge in [-0.15, -0.1) is 11.3 Å². The minimum absolute atomic E-state index is 0.0389. The van der Waals surface area contributed by atoms with E-state index in [0.717, 1.165) is 30.4 Å². The number of hydrogen-bond acceptors (Lipinski definition) is 5. The minimum Gasteiger partial charge on any atom is -0.326 e. The molecule has 2 amide bonds. The molecule has 8 heteroatoms. The summed E-state index contributed by atoms with van der Waals surface area (Å²) in [6.45, 7) is 3.47. The van der Waals surface area contributed by atoms with Crippen molar-refractivity contribution < 1.29 is 9.59 Å². The molecule has 0 aliphatic rings. The van der Waals surface area contributed by atoms with Gasteiger partial charge in [0.2, 0.25) is 11.8 Å². The number of nitrogens with one attached hydrogen (secondary N) is 2. The molecular formula is C19H18BrN3O2S2. The molecule has 0 saturated heterocycles. The van der Waals surface area contributed by atoms with Crippen LogP contribution in [0.5, 0.6) is 0 Å². The van der Waals surface area contributed by atoms with Crippen LogP contribution in [-0.2, 0) is 9.59 Å². The summed E-state index contributed by atoms with van der Waals surface area (Å²) in [6, 6.07) is 13.1. The number of benzene rings is 2. The van der Waals surface area contributed by atoms with Crippen LogP contribution in [0.15, 0.2) is 51.3 Å². The van der Waals surface area contributed by atoms with Gasteiger partial charge in [0.15, 0.2) is 4.34 Å². The van der Waals surface area contributed by atoms with E-state index in [1.807, 2.05) is 49.4 Å². The van der Waals surface area contributed by atoms with Gasteiger partial charge in [-0.1, -0.05) is 34.6 Å². The normalized spacial score (nSPS) is 12.0. The predicted molar refractivity (Wildman–Crippen MR) is 117 cm³/mol. The third-order valence-electron chi connectivity index (χ3n) is 3.71. The Bertz CT molecular complexity index is 973. The maximum atomic E-state index is 12.6. The maximum Gasteiger partial charge on any atom is 0.237 e. The standard InChI is InChI=1S/C19H18BrN3O2S2/c1-3-16(18(25)22-13-6-4-12(20)5-7-13)26-19-23-15-9-8-14(21-11(2)24)10-17(15)27-19/h4-10,16H,3H2,1-2H3,(H,21,24)(H,22,25)/t16-/m1/s1. The number of carbonyl (C=O) groups is 2. The molecule has 3 rings (SSSR count). The van der Waals surface area contributed by atoms with Crippen molar-refractivity contribution in [2.75, 3.05) is 10.6 Å².